The number of hydrogen-bond acceptors (Lipinski definition) is 7. The number of ether oxygens (including phenoxy) is 6. The highest BCUT2D eigenvalue weighted by Gasteiger charge is 2.49. The molecule has 5 atom stereocenters. The summed E-state index contributed by atoms with van der Waals surface area (Å²) in [7, 11) is 0. The largest absolute Gasteiger partial charge is 0.374 e. The molecule has 0 saturated carbocycles. The zero-order valence-corrected chi connectivity index (χ0v) is 26.3. The first-order chi connectivity index (χ1) is 21.8. The molecule has 1 saturated heterocycles. The molecule has 7 nitrogen and oxygen atoms in total. The molecule has 0 unspecified atom stereocenters. The predicted molar refractivity (Wildman–Crippen MR) is 173 cm³/mol. The fourth-order valence-electron chi connectivity index (χ4n) is 5.40. The minimum absolute atomic E-state index is 0.317. The fourth-order valence-corrected chi connectivity index (χ4v) is 5.40. The molecule has 1 fully saturated rings. The summed E-state index contributed by atoms with van der Waals surface area (Å²) < 4.78 is 38.9. The van der Waals surface area contributed by atoms with E-state index in [9.17, 15) is 0 Å². The lowest BCUT2D eigenvalue weighted by atomic mass is 9.98. The molecule has 1 aliphatic heterocycles. The fraction of sp³-hybridized carbons (Fsp3) is 0.514. The van der Waals surface area contributed by atoms with Crippen molar-refractivity contribution in [2.45, 2.75) is 96.0 Å². The summed E-state index contributed by atoms with van der Waals surface area (Å²) in [6.07, 6.45) is 4.54. The molecule has 240 valence electrons. The van der Waals surface area contributed by atoms with Crippen molar-refractivity contribution in [2.24, 2.45) is 5.73 Å². The van der Waals surface area contributed by atoms with Crippen LogP contribution in [0.15, 0.2) is 91.0 Å². The van der Waals surface area contributed by atoms with E-state index >= 15 is 0 Å². The summed E-state index contributed by atoms with van der Waals surface area (Å²) in [4.78, 5) is 0. The van der Waals surface area contributed by atoms with E-state index in [0.29, 0.717) is 46.2 Å². The van der Waals surface area contributed by atoms with Crippen molar-refractivity contribution >= 4 is 0 Å². The molecule has 44 heavy (non-hydrogen) atoms. The summed E-state index contributed by atoms with van der Waals surface area (Å²) in [5.74, 6) is 0. The first-order valence-corrected chi connectivity index (χ1v) is 16.3. The third-order valence-corrected chi connectivity index (χ3v) is 7.76. The lowest BCUT2D eigenvalue weighted by molar-refractivity contribution is -0.326. The average molecular weight is 606 g/mol. The van der Waals surface area contributed by atoms with E-state index in [1.54, 1.807) is 0 Å². The quantitative estimate of drug-likeness (QED) is 0.134. The Hall–Kier alpha value is -2.62. The van der Waals surface area contributed by atoms with Crippen molar-refractivity contribution < 1.29 is 28.4 Å². The monoisotopic (exact) mass is 605 g/mol. The van der Waals surface area contributed by atoms with Gasteiger partial charge in [0.1, 0.15) is 24.4 Å². The number of hydrogen-bond donors (Lipinski definition) is 1. The summed E-state index contributed by atoms with van der Waals surface area (Å²) in [6, 6.07) is 30.4. The smallest absolute Gasteiger partial charge is 0.186 e. The molecule has 0 radical (unpaired) electrons. The lowest BCUT2D eigenvalue weighted by Crippen LogP contribution is -2.62. The van der Waals surface area contributed by atoms with Gasteiger partial charge in [0.15, 0.2) is 6.29 Å². The van der Waals surface area contributed by atoms with Crippen LogP contribution in [0.2, 0.25) is 0 Å². The third-order valence-electron chi connectivity index (χ3n) is 7.76. The number of unbranched alkanes of at least 4 members (excludes halogenated alkanes) is 5. The Labute approximate surface area is 263 Å². The molecule has 7 heteroatoms. The molecule has 4 rings (SSSR count). The van der Waals surface area contributed by atoms with Crippen LogP contribution in [0.4, 0.5) is 0 Å². The molecule has 2 N–H and O–H groups in total. The standard InChI is InChI=1S/C37H51NO6/c1-2-3-4-5-6-16-24-41-37-36(43-28-32-21-14-9-15-22-32)35(42-27-31-19-12-8-13-20-31)34(40-25-23-38)33(44-37)29-39-26-30-17-10-7-11-18-30/h7-15,17-22,33-37H,2-6,16,23-29,38H2,1H3/t33-,34-,35+,36-,37-/m1/s1. The highest BCUT2D eigenvalue weighted by atomic mass is 16.7. The zero-order chi connectivity index (χ0) is 30.7. The van der Waals surface area contributed by atoms with Crippen LogP contribution in [0.3, 0.4) is 0 Å². The van der Waals surface area contributed by atoms with Gasteiger partial charge in [-0.15, -0.1) is 0 Å². The van der Waals surface area contributed by atoms with Gasteiger partial charge in [-0.3, -0.25) is 0 Å². The Kier molecular flexibility index (Phi) is 15.9. The van der Waals surface area contributed by atoms with E-state index in [-0.39, 0.29) is 0 Å². The summed E-state index contributed by atoms with van der Waals surface area (Å²) in [5, 5.41) is 0. The van der Waals surface area contributed by atoms with E-state index in [2.05, 4.69) is 43.3 Å². The van der Waals surface area contributed by atoms with Crippen LogP contribution in [0, 0.1) is 0 Å². The summed E-state index contributed by atoms with van der Waals surface area (Å²) >= 11 is 0. The zero-order valence-electron chi connectivity index (χ0n) is 26.3. The van der Waals surface area contributed by atoms with Crippen molar-refractivity contribution in [1.29, 1.82) is 0 Å². The van der Waals surface area contributed by atoms with Gasteiger partial charge in [-0.25, -0.2) is 0 Å². The normalized spacial score (nSPS) is 21.8. The van der Waals surface area contributed by atoms with Gasteiger partial charge in [0.05, 0.1) is 33.0 Å². The van der Waals surface area contributed by atoms with E-state index in [4.69, 9.17) is 34.2 Å². The molecule has 0 spiro atoms. The van der Waals surface area contributed by atoms with Crippen LogP contribution < -0.4 is 5.73 Å². The van der Waals surface area contributed by atoms with Gasteiger partial charge < -0.3 is 34.2 Å². The minimum Gasteiger partial charge on any atom is -0.374 e. The molecule has 0 amide bonds. The maximum Gasteiger partial charge on any atom is 0.186 e. The molecule has 3 aromatic rings. The first-order valence-electron chi connectivity index (χ1n) is 16.3. The Balaban J connectivity index is 1.53. The molecular weight excluding hydrogens is 554 g/mol. The van der Waals surface area contributed by atoms with Crippen molar-refractivity contribution in [3.8, 4) is 0 Å². The van der Waals surface area contributed by atoms with Gasteiger partial charge in [-0.1, -0.05) is 130 Å². The van der Waals surface area contributed by atoms with Crippen LogP contribution >= 0.6 is 0 Å². The van der Waals surface area contributed by atoms with Gasteiger partial charge in [0.2, 0.25) is 0 Å². The Bertz CT molecular complexity index is 1120. The van der Waals surface area contributed by atoms with Crippen LogP contribution in [-0.2, 0) is 48.2 Å². The SMILES string of the molecule is CCCCCCCCO[C@@H]1O[C@H](COCc2ccccc2)[C@@H](OCCN)[C@H](OCc2ccccc2)[C@H]1OCc1ccccc1. The number of rotatable bonds is 21. The number of benzene rings is 3. The van der Waals surface area contributed by atoms with Crippen LogP contribution in [0.25, 0.3) is 0 Å². The molecule has 0 aliphatic carbocycles. The van der Waals surface area contributed by atoms with Gasteiger partial charge >= 0.3 is 0 Å². The van der Waals surface area contributed by atoms with Crippen molar-refractivity contribution in [3.05, 3.63) is 108 Å². The molecule has 1 aliphatic rings. The maximum atomic E-state index is 6.67. The van der Waals surface area contributed by atoms with Crippen LogP contribution in [0.1, 0.15) is 62.1 Å². The predicted octanol–water partition coefficient (Wildman–Crippen LogP) is 6.82. The highest BCUT2D eigenvalue weighted by molar-refractivity contribution is 5.15. The molecule has 0 aromatic heterocycles. The van der Waals surface area contributed by atoms with Gasteiger partial charge in [0.25, 0.3) is 0 Å². The van der Waals surface area contributed by atoms with Crippen molar-refractivity contribution in [1.82, 2.24) is 0 Å². The van der Waals surface area contributed by atoms with E-state index in [1.165, 1.54) is 25.7 Å². The second kappa shape index (κ2) is 20.4. The second-order valence-electron chi connectivity index (χ2n) is 11.3. The second-order valence-corrected chi connectivity index (χ2v) is 11.3. The van der Waals surface area contributed by atoms with Gasteiger partial charge in [-0.2, -0.15) is 0 Å². The molecule has 3 aromatic carbocycles. The van der Waals surface area contributed by atoms with E-state index in [1.807, 2.05) is 54.6 Å². The van der Waals surface area contributed by atoms with Gasteiger partial charge in [0, 0.05) is 13.2 Å². The third kappa shape index (κ3) is 11.7. The van der Waals surface area contributed by atoms with Crippen molar-refractivity contribution in [3.63, 3.8) is 0 Å². The van der Waals surface area contributed by atoms with Crippen LogP contribution in [-0.4, -0.2) is 57.1 Å². The van der Waals surface area contributed by atoms with E-state index < -0.39 is 30.7 Å². The van der Waals surface area contributed by atoms with Gasteiger partial charge in [-0.05, 0) is 23.1 Å². The maximum absolute atomic E-state index is 6.67. The topological polar surface area (TPSA) is 81.4 Å². The summed E-state index contributed by atoms with van der Waals surface area (Å²) in [6.45, 7) is 5.15. The minimum atomic E-state index is -0.641. The Morgan fingerprint density at radius 2 is 1.11 bits per heavy atom. The Morgan fingerprint density at radius 3 is 1.70 bits per heavy atom. The summed E-state index contributed by atoms with van der Waals surface area (Å²) in [5.41, 5.74) is 9.14. The number of nitrogens with two attached hydrogens (primary N) is 1. The average Bonchev–Trinajstić information content (AvgIpc) is 3.07. The first kappa shape index (κ1) is 34.3. The molecule has 0 bridgehead atoms. The Morgan fingerprint density at radius 1 is 0.568 bits per heavy atom. The van der Waals surface area contributed by atoms with Crippen LogP contribution in [0.5, 0.6) is 0 Å². The van der Waals surface area contributed by atoms with Crippen molar-refractivity contribution in [2.75, 3.05) is 26.4 Å². The lowest BCUT2D eigenvalue weighted by Gasteiger charge is -2.46. The molecular formula is C37H51NO6. The molecule has 1 heterocycles. The highest BCUT2D eigenvalue weighted by Crippen LogP contribution is 2.31. The van der Waals surface area contributed by atoms with E-state index in [0.717, 1.165) is 29.5 Å².